The SMILES string of the molecule is CCCCCN1CC=C[C@]23O[C@@H]4C=CCN(c5ccc(OCC)cc5)C(=O)[C@@H]4[C@H]2C(=O)N(CCO)C3C1=O. The van der Waals surface area contributed by atoms with Crippen LogP contribution in [0.2, 0.25) is 0 Å². The predicted molar refractivity (Wildman–Crippen MR) is 142 cm³/mol. The quantitative estimate of drug-likeness (QED) is 0.393. The summed E-state index contributed by atoms with van der Waals surface area (Å²) in [6, 6.07) is 6.40. The molecule has 2 fully saturated rings. The first-order valence-electron chi connectivity index (χ1n) is 13.7. The van der Waals surface area contributed by atoms with Crippen LogP contribution in [0.4, 0.5) is 5.69 Å². The summed E-state index contributed by atoms with van der Waals surface area (Å²) in [6.07, 6.45) is 9.77. The molecule has 1 N–H and O–H groups in total. The Morgan fingerprint density at radius 2 is 1.79 bits per heavy atom. The van der Waals surface area contributed by atoms with E-state index in [4.69, 9.17) is 9.47 Å². The molecule has 0 aliphatic carbocycles. The molecular formula is C29H37N3O6. The van der Waals surface area contributed by atoms with Gasteiger partial charge >= 0.3 is 0 Å². The molecule has 4 aliphatic rings. The second-order valence-electron chi connectivity index (χ2n) is 10.3. The Morgan fingerprint density at radius 1 is 1.00 bits per heavy atom. The number of benzene rings is 1. The van der Waals surface area contributed by atoms with Gasteiger partial charge in [0, 0.05) is 31.9 Å². The number of rotatable bonds is 9. The molecule has 1 spiro atoms. The second-order valence-corrected chi connectivity index (χ2v) is 10.3. The fourth-order valence-corrected chi connectivity index (χ4v) is 6.41. The van der Waals surface area contributed by atoms with Gasteiger partial charge in [-0.15, -0.1) is 0 Å². The molecule has 0 bridgehead atoms. The summed E-state index contributed by atoms with van der Waals surface area (Å²) in [7, 11) is 0. The van der Waals surface area contributed by atoms with Crippen LogP contribution in [0.25, 0.3) is 0 Å². The zero-order valence-corrected chi connectivity index (χ0v) is 22.1. The minimum atomic E-state index is -1.26. The van der Waals surface area contributed by atoms with E-state index in [0.717, 1.165) is 19.3 Å². The lowest BCUT2D eigenvalue weighted by Gasteiger charge is -2.35. The zero-order valence-electron chi connectivity index (χ0n) is 22.1. The molecular weight excluding hydrogens is 486 g/mol. The molecule has 38 heavy (non-hydrogen) atoms. The van der Waals surface area contributed by atoms with Crippen LogP contribution in [0, 0.1) is 11.8 Å². The standard InChI is InChI=1S/C29H37N3O6/c1-3-5-6-15-30-16-8-14-29-24(27(35)32(18-19-33)25(29)28(30)36)23-22(38-29)9-7-17-31(26(23)34)20-10-12-21(13-11-20)37-4-2/h7-14,22-25,33H,3-6,15-19H2,1-2H3/t22-,23+,24+,25?,29+/m1/s1. The molecule has 0 aromatic heterocycles. The fraction of sp³-hybridized carbons (Fsp3) is 0.552. The molecule has 204 valence electrons. The smallest absolute Gasteiger partial charge is 0.249 e. The third-order valence-electron chi connectivity index (χ3n) is 8.07. The van der Waals surface area contributed by atoms with Gasteiger partial charge in [-0.25, -0.2) is 0 Å². The number of hydrogen-bond donors (Lipinski definition) is 1. The van der Waals surface area contributed by atoms with Crippen LogP contribution in [0.1, 0.15) is 33.1 Å². The number of hydrogen-bond acceptors (Lipinski definition) is 6. The molecule has 0 saturated carbocycles. The van der Waals surface area contributed by atoms with Crippen molar-refractivity contribution in [3.8, 4) is 5.75 Å². The molecule has 4 aliphatic heterocycles. The van der Waals surface area contributed by atoms with Crippen molar-refractivity contribution >= 4 is 23.4 Å². The number of β-amino-alcohol motifs (C(OH)–C–C–N with tert-alkyl or cyclic N) is 1. The van der Waals surface area contributed by atoms with Gasteiger partial charge in [-0.05, 0) is 37.6 Å². The topological polar surface area (TPSA) is 99.6 Å². The van der Waals surface area contributed by atoms with Crippen molar-refractivity contribution in [1.82, 2.24) is 9.80 Å². The van der Waals surface area contributed by atoms with E-state index in [-0.39, 0.29) is 30.9 Å². The highest BCUT2D eigenvalue weighted by Gasteiger charge is 2.71. The van der Waals surface area contributed by atoms with E-state index in [0.29, 0.717) is 37.7 Å². The van der Waals surface area contributed by atoms with Crippen LogP contribution in [-0.4, -0.2) is 89.8 Å². The van der Waals surface area contributed by atoms with Crippen molar-refractivity contribution in [1.29, 1.82) is 0 Å². The van der Waals surface area contributed by atoms with Gasteiger partial charge in [-0.1, -0.05) is 44.1 Å². The van der Waals surface area contributed by atoms with Gasteiger partial charge in [0.1, 0.15) is 17.4 Å². The van der Waals surface area contributed by atoms with E-state index >= 15 is 0 Å². The van der Waals surface area contributed by atoms with Gasteiger partial charge in [0.2, 0.25) is 17.7 Å². The first kappa shape index (κ1) is 26.4. The Morgan fingerprint density at radius 3 is 2.50 bits per heavy atom. The molecule has 5 rings (SSSR count). The van der Waals surface area contributed by atoms with Gasteiger partial charge in [0.25, 0.3) is 0 Å². The van der Waals surface area contributed by atoms with Crippen LogP contribution < -0.4 is 9.64 Å². The third kappa shape index (κ3) is 4.31. The molecule has 3 amide bonds. The maximum Gasteiger partial charge on any atom is 0.249 e. The summed E-state index contributed by atoms with van der Waals surface area (Å²) < 4.78 is 12.1. The van der Waals surface area contributed by atoms with Crippen LogP contribution in [0.5, 0.6) is 5.75 Å². The minimum Gasteiger partial charge on any atom is -0.494 e. The van der Waals surface area contributed by atoms with E-state index in [1.165, 1.54) is 4.90 Å². The monoisotopic (exact) mass is 523 g/mol. The number of fused-ring (bicyclic) bond motifs is 2. The van der Waals surface area contributed by atoms with E-state index in [1.807, 2.05) is 55.5 Å². The molecule has 1 unspecified atom stereocenters. The lowest BCUT2D eigenvalue weighted by Crippen LogP contribution is -2.55. The van der Waals surface area contributed by atoms with Crippen LogP contribution in [0.3, 0.4) is 0 Å². The van der Waals surface area contributed by atoms with Gasteiger partial charge in [-0.2, -0.15) is 0 Å². The number of unbranched alkanes of at least 4 members (excludes halogenated alkanes) is 2. The molecule has 5 atom stereocenters. The summed E-state index contributed by atoms with van der Waals surface area (Å²) in [5.41, 5.74) is -0.562. The number of carbonyl (C=O) groups excluding carboxylic acids is 3. The lowest BCUT2D eigenvalue weighted by molar-refractivity contribution is -0.147. The highest BCUT2D eigenvalue weighted by Crippen LogP contribution is 2.53. The second kappa shape index (κ2) is 10.9. The van der Waals surface area contributed by atoms with Crippen molar-refractivity contribution in [2.24, 2.45) is 11.8 Å². The molecule has 9 nitrogen and oxygen atoms in total. The average Bonchev–Trinajstić information content (AvgIpc) is 3.22. The Labute approximate surface area is 223 Å². The summed E-state index contributed by atoms with van der Waals surface area (Å²) in [6.45, 7) is 5.67. The Kier molecular flexibility index (Phi) is 7.59. The van der Waals surface area contributed by atoms with Crippen LogP contribution in [-0.2, 0) is 19.1 Å². The van der Waals surface area contributed by atoms with Crippen molar-refractivity contribution in [2.75, 3.05) is 44.3 Å². The summed E-state index contributed by atoms with van der Waals surface area (Å²) >= 11 is 0. The number of carbonyl (C=O) groups is 3. The van der Waals surface area contributed by atoms with Gasteiger partial charge in [0.15, 0.2) is 0 Å². The number of anilines is 1. The minimum absolute atomic E-state index is 0.0114. The van der Waals surface area contributed by atoms with Gasteiger partial charge in [-0.3, -0.25) is 14.4 Å². The van der Waals surface area contributed by atoms with E-state index in [1.54, 1.807) is 9.80 Å². The highest BCUT2D eigenvalue weighted by molar-refractivity contribution is 6.03. The molecule has 4 heterocycles. The maximum absolute atomic E-state index is 14.1. The maximum atomic E-state index is 14.1. The largest absolute Gasteiger partial charge is 0.494 e. The number of nitrogens with zero attached hydrogens (tertiary/aromatic N) is 3. The number of aliphatic hydroxyl groups excluding tert-OH is 1. The number of ether oxygens (including phenoxy) is 2. The lowest BCUT2D eigenvalue weighted by atomic mass is 9.77. The zero-order chi connectivity index (χ0) is 26.9. The number of amides is 3. The molecule has 9 heteroatoms. The summed E-state index contributed by atoms with van der Waals surface area (Å²) in [5, 5.41) is 9.80. The normalized spacial score (nSPS) is 30.3. The molecule has 1 aromatic rings. The van der Waals surface area contributed by atoms with Crippen LogP contribution >= 0.6 is 0 Å². The van der Waals surface area contributed by atoms with E-state index < -0.39 is 29.6 Å². The predicted octanol–water partition coefficient (Wildman–Crippen LogP) is 2.15. The van der Waals surface area contributed by atoms with Crippen molar-refractivity contribution < 1.29 is 29.0 Å². The van der Waals surface area contributed by atoms with Gasteiger partial charge in [0.05, 0.1) is 31.2 Å². The van der Waals surface area contributed by atoms with Crippen molar-refractivity contribution in [3.05, 3.63) is 48.6 Å². The van der Waals surface area contributed by atoms with Crippen LogP contribution in [0.15, 0.2) is 48.6 Å². The number of likely N-dealkylation sites (tertiary alicyclic amines) is 1. The Balaban J connectivity index is 1.50. The van der Waals surface area contributed by atoms with Crippen molar-refractivity contribution in [3.63, 3.8) is 0 Å². The summed E-state index contributed by atoms with van der Waals surface area (Å²) in [5.74, 6) is -1.65. The number of aliphatic hydroxyl groups is 1. The average molecular weight is 524 g/mol. The third-order valence-corrected chi connectivity index (χ3v) is 8.07. The first-order chi connectivity index (χ1) is 18.5. The molecule has 0 radical (unpaired) electrons. The van der Waals surface area contributed by atoms with E-state index in [2.05, 4.69) is 6.92 Å². The van der Waals surface area contributed by atoms with Crippen molar-refractivity contribution in [2.45, 2.75) is 50.9 Å². The first-order valence-corrected chi connectivity index (χ1v) is 13.7. The Hall–Kier alpha value is -3.17. The fourth-order valence-electron chi connectivity index (χ4n) is 6.41. The molecule has 2 saturated heterocycles. The molecule has 1 aromatic carbocycles. The van der Waals surface area contributed by atoms with E-state index in [9.17, 15) is 19.5 Å². The highest BCUT2D eigenvalue weighted by atomic mass is 16.5. The Bertz CT molecular complexity index is 1120. The van der Waals surface area contributed by atoms with Gasteiger partial charge < -0.3 is 29.3 Å². The summed E-state index contributed by atoms with van der Waals surface area (Å²) in [4.78, 5) is 46.9.